The second-order valence-corrected chi connectivity index (χ2v) is 5.17. The molecule has 0 spiro atoms. The summed E-state index contributed by atoms with van der Waals surface area (Å²) in [6.45, 7) is 0. The van der Waals surface area contributed by atoms with Gasteiger partial charge < -0.3 is 5.73 Å². The lowest BCUT2D eigenvalue weighted by Gasteiger charge is -2.05. The van der Waals surface area contributed by atoms with E-state index in [9.17, 15) is 0 Å². The van der Waals surface area contributed by atoms with Crippen LogP contribution in [0.2, 0.25) is 10.0 Å². The average Bonchev–Trinajstić information content (AvgIpc) is 2.82. The quantitative estimate of drug-likeness (QED) is 0.761. The number of hydrogen-bond acceptors (Lipinski definition) is 2. The predicted octanol–water partition coefficient (Wildman–Crippen LogP) is 4.43. The van der Waals surface area contributed by atoms with Gasteiger partial charge in [0.2, 0.25) is 0 Å². The molecule has 0 unspecified atom stereocenters. The van der Waals surface area contributed by atoms with Crippen molar-refractivity contribution in [2.45, 2.75) is 0 Å². The zero-order valence-electron chi connectivity index (χ0n) is 10.4. The second kappa shape index (κ2) is 5.19. The highest BCUT2D eigenvalue weighted by Gasteiger charge is 2.10. The lowest BCUT2D eigenvalue weighted by Crippen LogP contribution is -2.02. The summed E-state index contributed by atoms with van der Waals surface area (Å²) in [5, 5.41) is 5.79. The Hall–Kier alpha value is -1.97. The average molecular weight is 304 g/mol. The molecule has 0 amide bonds. The number of para-hydroxylation sites is 1. The molecule has 3 aromatic rings. The fourth-order valence-electron chi connectivity index (χ4n) is 1.97. The highest BCUT2D eigenvalue weighted by Crippen LogP contribution is 2.27. The SMILES string of the molecule is Nc1cc(-c2ccc(Cl)cc2)nn1-c1ccccc1Cl. The molecule has 0 fully saturated rings. The summed E-state index contributed by atoms with van der Waals surface area (Å²) < 4.78 is 1.63. The third-order valence-corrected chi connectivity index (χ3v) is 3.53. The van der Waals surface area contributed by atoms with Gasteiger partial charge in [0.05, 0.1) is 16.4 Å². The van der Waals surface area contributed by atoms with Crippen molar-refractivity contribution < 1.29 is 0 Å². The van der Waals surface area contributed by atoms with Crippen LogP contribution in [0.1, 0.15) is 0 Å². The number of nitrogens with two attached hydrogens (primary N) is 1. The van der Waals surface area contributed by atoms with Gasteiger partial charge in [-0.1, -0.05) is 47.5 Å². The fraction of sp³-hybridized carbons (Fsp3) is 0. The molecule has 3 nitrogen and oxygen atoms in total. The normalized spacial score (nSPS) is 10.7. The van der Waals surface area contributed by atoms with Crippen LogP contribution < -0.4 is 5.73 Å². The molecule has 0 bridgehead atoms. The molecule has 3 rings (SSSR count). The lowest BCUT2D eigenvalue weighted by molar-refractivity contribution is 0.895. The number of hydrogen-bond donors (Lipinski definition) is 1. The van der Waals surface area contributed by atoms with Crippen LogP contribution in [0.15, 0.2) is 54.6 Å². The third kappa shape index (κ3) is 2.38. The van der Waals surface area contributed by atoms with Crippen molar-refractivity contribution >= 4 is 29.0 Å². The van der Waals surface area contributed by atoms with Gasteiger partial charge in [-0.15, -0.1) is 0 Å². The van der Waals surface area contributed by atoms with Crippen LogP contribution in [0.3, 0.4) is 0 Å². The number of aromatic nitrogens is 2. The van der Waals surface area contributed by atoms with Gasteiger partial charge in [-0.3, -0.25) is 0 Å². The maximum Gasteiger partial charge on any atom is 0.127 e. The Kier molecular flexibility index (Phi) is 3.38. The Morgan fingerprint density at radius 2 is 1.65 bits per heavy atom. The van der Waals surface area contributed by atoms with E-state index in [1.54, 1.807) is 10.7 Å². The molecule has 1 heterocycles. The van der Waals surface area contributed by atoms with Crippen molar-refractivity contribution in [3.63, 3.8) is 0 Å². The molecule has 1 aromatic heterocycles. The van der Waals surface area contributed by atoms with E-state index in [0.29, 0.717) is 15.9 Å². The van der Waals surface area contributed by atoms with E-state index < -0.39 is 0 Å². The maximum absolute atomic E-state index is 6.17. The van der Waals surface area contributed by atoms with E-state index in [-0.39, 0.29) is 0 Å². The number of benzene rings is 2. The van der Waals surface area contributed by atoms with Crippen LogP contribution in [0.4, 0.5) is 5.82 Å². The minimum Gasteiger partial charge on any atom is -0.384 e. The molecule has 20 heavy (non-hydrogen) atoms. The molecular weight excluding hydrogens is 293 g/mol. The topological polar surface area (TPSA) is 43.8 Å². The highest BCUT2D eigenvalue weighted by molar-refractivity contribution is 6.32. The number of nitrogens with zero attached hydrogens (tertiary/aromatic N) is 2. The minimum absolute atomic E-state index is 0.531. The second-order valence-electron chi connectivity index (χ2n) is 4.32. The van der Waals surface area contributed by atoms with Crippen LogP contribution >= 0.6 is 23.2 Å². The number of halogens is 2. The Balaban J connectivity index is 2.08. The highest BCUT2D eigenvalue weighted by atomic mass is 35.5. The van der Waals surface area contributed by atoms with Gasteiger partial charge in [0.1, 0.15) is 5.82 Å². The summed E-state index contributed by atoms with van der Waals surface area (Å²) in [5.74, 6) is 0.531. The first kappa shape index (κ1) is 13.0. The standard InChI is InChI=1S/C15H11Cl2N3/c16-11-7-5-10(6-8-11)13-9-15(18)20(19-13)14-4-2-1-3-12(14)17/h1-9H,18H2. The molecule has 100 valence electrons. The van der Waals surface area contributed by atoms with Crippen LogP contribution in [0.25, 0.3) is 16.9 Å². The summed E-state index contributed by atoms with van der Waals surface area (Å²) >= 11 is 12.1. The smallest absolute Gasteiger partial charge is 0.127 e. The third-order valence-electron chi connectivity index (χ3n) is 2.96. The first-order chi connectivity index (χ1) is 9.65. The van der Waals surface area contributed by atoms with Crippen LogP contribution in [-0.2, 0) is 0 Å². The number of nitrogen functional groups attached to an aromatic ring is 1. The van der Waals surface area contributed by atoms with Gasteiger partial charge in [-0.25, -0.2) is 4.68 Å². The van der Waals surface area contributed by atoms with Crippen LogP contribution in [0.5, 0.6) is 0 Å². The van der Waals surface area contributed by atoms with E-state index >= 15 is 0 Å². The molecule has 0 aliphatic rings. The van der Waals surface area contributed by atoms with Gasteiger partial charge in [0.25, 0.3) is 0 Å². The van der Waals surface area contributed by atoms with Crippen molar-refractivity contribution in [2.75, 3.05) is 5.73 Å². The first-order valence-corrected chi connectivity index (χ1v) is 6.77. The number of rotatable bonds is 2. The van der Waals surface area contributed by atoms with Crippen molar-refractivity contribution in [3.8, 4) is 16.9 Å². The molecule has 0 radical (unpaired) electrons. The predicted molar refractivity (Wildman–Crippen MR) is 83.4 cm³/mol. The van der Waals surface area contributed by atoms with E-state index in [2.05, 4.69) is 5.10 Å². The summed E-state index contributed by atoms with van der Waals surface area (Å²) in [6.07, 6.45) is 0. The zero-order valence-corrected chi connectivity index (χ0v) is 11.9. The minimum atomic E-state index is 0.531. The lowest BCUT2D eigenvalue weighted by atomic mass is 10.1. The van der Waals surface area contributed by atoms with Crippen LogP contribution in [-0.4, -0.2) is 9.78 Å². The van der Waals surface area contributed by atoms with E-state index in [4.69, 9.17) is 28.9 Å². The molecule has 0 atom stereocenters. The Morgan fingerprint density at radius 3 is 2.35 bits per heavy atom. The largest absolute Gasteiger partial charge is 0.384 e. The molecule has 0 aliphatic carbocycles. The molecule has 0 saturated carbocycles. The van der Waals surface area contributed by atoms with Gasteiger partial charge >= 0.3 is 0 Å². The number of anilines is 1. The molecule has 0 aliphatic heterocycles. The molecule has 2 N–H and O–H groups in total. The van der Waals surface area contributed by atoms with Crippen molar-refractivity contribution in [3.05, 3.63) is 64.6 Å². The van der Waals surface area contributed by atoms with Crippen LogP contribution in [0, 0.1) is 0 Å². The Morgan fingerprint density at radius 1 is 0.950 bits per heavy atom. The van der Waals surface area contributed by atoms with Gasteiger partial charge in [0, 0.05) is 16.7 Å². The van der Waals surface area contributed by atoms with Crippen molar-refractivity contribution in [1.29, 1.82) is 0 Å². The molecule has 5 heteroatoms. The maximum atomic E-state index is 6.17. The van der Waals surface area contributed by atoms with Crippen molar-refractivity contribution in [1.82, 2.24) is 9.78 Å². The summed E-state index contributed by atoms with van der Waals surface area (Å²) in [6, 6.07) is 16.7. The van der Waals surface area contributed by atoms with Gasteiger partial charge in [-0.2, -0.15) is 5.10 Å². The van der Waals surface area contributed by atoms with Gasteiger partial charge in [0.15, 0.2) is 0 Å². The Labute approximate surface area is 126 Å². The first-order valence-electron chi connectivity index (χ1n) is 6.01. The summed E-state index contributed by atoms with van der Waals surface area (Å²) in [5.41, 5.74) is 8.51. The van der Waals surface area contributed by atoms with E-state index in [0.717, 1.165) is 16.9 Å². The fourth-order valence-corrected chi connectivity index (χ4v) is 2.32. The monoisotopic (exact) mass is 303 g/mol. The summed E-state index contributed by atoms with van der Waals surface area (Å²) in [4.78, 5) is 0. The van der Waals surface area contributed by atoms with Gasteiger partial charge in [-0.05, 0) is 24.3 Å². The molecule has 2 aromatic carbocycles. The zero-order chi connectivity index (χ0) is 14.1. The Bertz CT molecular complexity index is 748. The van der Waals surface area contributed by atoms with E-state index in [1.165, 1.54) is 0 Å². The molecule has 0 saturated heterocycles. The van der Waals surface area contributed by atoms with E-state index in [1.807, 2.05) is 48.5 Å². The summed E-state index contributed by atoms with van der Waals surface area (Å²) in [7, 11) is 0. The molecular formula is C15H11Cl2N3. The van der Waals surface area contributed by atoms with Crippen molar-refractivity contribution in [2.24, 2.45) is 0 Å².